The van der Waals surface area contributed by atoms with Crippen LogP contribution in [0.5, 0.6) is 0 Å². The number of carbonyl (C=O) groups is 4. The molecule has 3 aliphatic heterocycles. The zero-order valence-corrected chi connectivity index (χ0v) is 20.0. The van der Waals surface area contributed by atoms with Gasteiger partial charge in [-0.3, -0.25) is 19.7 Å². The number of urea groups is 1. The Morgan fingerprint density at radius 2 is 2.03 bits per heavy atom. The standard InChI is InChI=1S/C26H27N5O5/c1-16-13-19(29-36-16)14-27-26(35)30-11-9-17(10-12-30)5-6-18-3-2-4-20-21(18)15-31(25(20)34)22-7-8-23(32)28-24(22)33/h2-4,13,17,22H,7-12,14-15H2,1H3,(H,27,35)(H,28,32,33). The number of benzene rings is 1. The lowest BCUT2D eigenvalue weighted by atomic mass is 9.96. The van der Waals surface area contributed by atoms with Crippen molar-refractivity contribution in [2.75, 3.05) is 13.1 Å². The molecule has 0 bridgehead atoms. The van der Waals surface area contributed by atoms with Crippen molar-refractivity contribution in [3.63, 3.8) is 0 Å². The number of rotatable bonds is 3. The number of likely N-dealkylation sites (tertiary alicyclic amines) is 1. The predicted octanol–water partition coefficient (Wildman–Crippen LogP) is 1.72. The molecule has 0 spiro atoms. The van der Waals surface area contributed by atoms with Gasteiger partial charge in [0.15, 0.2) is 0 Å². The maximum Gasteiger partial charge on any atom is 0.317 e. The van der Waals surface area contributed by atoms with E-state index in [1.165, 1.54) is 4.90 Å². The topological polar surface area (TPSA) is 125 Å². The van der Waals surface area contributed by atoms with E-state index in [1.54, 1.807) is 30.0 Å². The molecule has 5 amide bonds. The number of imide groups is 1. The summed E-state index contributed by atoms with van der Waals surface area (Å²) in [6.45, 7) is 3.65. The Morgan fingerprint density at radius 3 is 2.75 bits per heavy atom. The summed E-state index contributed by atoms with van der Waals surface area (Å²) < 4.78 is 5.02. The molecule has 0 saturated carbocycles. The Kier molecular flexibility index (Phi) is 6.46. The number of carbonyl (C=O) groups excluding carboxylic acids is 4. The van der Waals surface area contributed by atoms with E-state index in [9.17, 15) is 19.2 Å². The summed E-state index contributed by atoms with van der Waals surface area (Å²) in [5.41, 5.74) is 2.84. The van der Waals surface area contributed by atoms with Crippen LogP contribution in [-0.4, -0.2) is 57.8 Å². The van der Waals surface area contributed by atoms with Gasteiger partial charge in [0.1, 0.15) is 17.5 Å². The molecule has 1 aromatic carbocycles. The molecule has 4 heterocycles. The molecule has 2 aromatic rings. The molecule has 0 aliphatic carbocycles. The predicted molar refractivity (Wildman–Crippen MR) is 127 cm³/mol. The van der Waals surface area contributed by atoms with E-state index in [1.807, 2.05) is 6.07 Å². The van der Waals surface area contributed by atoms with Crippen LogP contribution in [0.25, 0.3) is 0 Å². The third-order valence-corrected chi connectivity index (χ3v) is 6.87. The van der Waals surface area contributed by atoms with Crippen LogP contribution < -0.4 is 10.6 Å². The second-order valence-corrected chi connectivity index (χ2v) is 9.35. The minimum absolute atomic E-state index is 0.130. The number of nitrogens with one attached hydrogen (secondary N) is 2. The first-order chi connectivity index (χ1) is 17.4. The molecule has 2 N–H and O–H groups in total. The average Bonchev–Trinajstić information content (AvgIpc) is 3.44. The van der Waals surface area contributed by atoms with E-state index < -0.39 is 11.9 Å². The molecule has 2 saturated heterocycles. The number of fused-ring (bicyclic) bond motifs is 1. The number of piperidine rings is 2. The summed E-state index contributed by atoms with van der Waals surface area (Å²) in [6, 6.07) is 6.47. The molecule has 36 heavy (non-hydrogen) atoms. The van der Waals surface area contributed by atoms with Gasteiger partial charge >= 0.3 is 6.03 Å². The van der Waals surface area contributed by atoms with Crippen LogP contribution in [0, 0.1) is 24.7 Å². The highest BCUT2D eigenvalue weighted by atomic mass is 16.5. The highest BCUT2D eigenvalue weighted by Gasteiger charge is 2.39. The van der Waals surface area contributed by atoms with Crippen LogP contribution in [0.2, 0.25) is 0 Å². The molecular formula is C26H27N5O5. The summed E-state index contributed by atoms with van der Waals surface area (Å²) in [4.78, 5) is 52.6. The Bertz CT molecular complexity index is 1280. The van der Waals surface area contributed by atoms with Crippen LogP contribution in [0.15, 0.2) is 28.8 Å². The number of aromatic nitrogens is 1. The van der Waals surface area contributed by atoms with Crippen molar-refractivity contribution < 1.29 is 23.7 Å². The highest BCUT2D eigenvalue weighted by Crippen LogP contribution is 2.29. The molecule has 2 fully saturated rings. The third kappa shape index (κ3) is 4.82. The minimum Gasteiger partial charge on any atom is -0.361 e. The minimum atomic E-state index is -0.646. The van der Waals surface area contributed by atoms with Gasteiger partial charge in [0.2, 0.25) is 11.8 Å². The van der Waals surface area contributed by atoms with Gasteiger partial charge in [-0.1, -0.05) is 23.1 Å². The normalized spacial score (nSPS) is 20.0. The van der Waals surface area contributed by atoms with Crippen LogP contribution in [0.1, 0.15) is 58.6 Å². The Balaban J connectivity index is 1.18. The summed E-state index contributed by atoms with van der Waals surface area (Å²) >= 11 is 0. The molecule has 1 atom stereocenters. The van der Waals surface area contributed by atoms with Gasteiger partial charge in [-0.25, -0.2) is 4.79 Å². The summed E-state index contributed by atoms with van der Waals surface area (Å²) in [7, 11) is 0. The van der Waals surface area contributed by atoms with Crippen LogP contribution in [-0.2, 0) is 22.7 Å². The van der Waals surface area contributed by atoms with E-state index in [4.69, 9.17) is 4.52 Å². The van der Waals surface area contributed by atoms with E-state index in [0.29, 0.717) is 49.6 Å². The van der Waals surface area contributed by atoms with Crippen molar-refractivity contribution >= 4 is 23.8 Å². The van der Waals surface area contributed by atoms with Gasteiger partial charge in [0.25, 0.3) is 5.91 Å². The lowest BCUT2D eigenvalue weighted by Gasteiger charge is -2.29. The van der Waals surface area contributed by atoms with Gasteiger partial charge in [-0.2, -0.15) is 0 Å². The third-order valence-electron chi connectivity index (χ3n) is 6.87. The van der Waals surface area contributed by atoms with Gasteiger partial charge in [-0.15, -0.1) is 0 Å². The number of aryl methyl sites for hydroxylation is 1. The molecule has 10 nitrogen and oxygen atoms in total. The monoisotopic (exact) mass is 489 g/mol. The fourth-order valence-corrected chi connectivity index (χ4v) is 4.89. The largest absolute Gasteiger partial charge is 0.361 e. The lowest BCUT2D eigenvalue weighted by molar-refractivity contribution is -0.136. The maximum atomic E-state index is 13.0. The first-order valence-electron chi connectivity index (χ1n) is 12.1. The van der Waals surface area contributed by atoms with Gasteiger partial charge in [-0.05, 0) is 43.9 Å². The first-order valence-corrected chi connectivity index (χ1v) is 12.1. The number of hydrogen-bond acceptors (Lipinski definition) is 6. The first kappa shape index (κ1) is 23.6. The lowest BCUT2D eigenvalue weighted by Crippen LogP contribution is -2.52. The van der Waals surface area contributed by atoms with Gasteiger partial charge in [0.05, 0.1) is 6.54 Å². The molecule has 5 rings (SSSR count). The average molecular weight is 490 g/mol. The Morgan fingerprint density at radius 1 is 1.22 bits per heavy atom. The molecule has 0 radical (unpaired) electrons. The second-order valence-electron chi connectivity index (χ2n) is 9.35. The number of hydrogen-bond donors (Lipinski definition) is 2. The van der Waals surface area contributed by atoms with Crippen LogP contribution in [0.3, 0.4) is 0 Å². The van der Waals surface area contributed by atoms with Crippen LogP contribution >= 0.6 is 0 Å². The Hall–Kier alpha value is -4.13. The quantitative estimate of drug-likeness (QED) is 0.500. The fourth-order valence-electron chi connectivity index (χ4n) is 4.89. The van der Waals surface area contributed by atoms with Crippen molar-refractivity contribution in [3.05, 3.63) is 52.4 Å². The van der Waals surface area contributed by atoms with Crippen molar-refractivity contribution in [1.82, 2.24) is 25.6 Å². The zero-order chi connectivity index (χ0) is 25.2. The SMILES string of the molecule is Cc1cc(CNC(=O)N2CCC(C#Cc3cccc4c3CN(C3CCC(=O)NC3=O)C4=O)CC2)no1. The molecule has 3 aliphatic rings. The van der Waals surface area contributed by atoms with E-state index >= 15 is 0 Å². The summed E-state index contributed by atoms with van der Waals surface area (Å²) in [6.07, 6.45) is 2.08. The molecule has 10 heteroatoms. The molecule has 1 unspecified atom stereocenters. The van der Waals surface area contributed by atoms with E-state index in [-0.39, 0.29) is 30.2 Å². The van der Waals surface area contributed by atoms with Crippen molar-refractivity contribution in [2.45, 2.75) is 51.7 Å². The van der Waals surface area contributed by atoms with E-state index in [0.717, 1.165) is 24.0 Å². The second kappa shape index (κ2) is 9.85. The Labute approximate surface area is 208 Å². The highest BCUT2D eigenvalue weighted by molar-refractivity contribution is 6.05. The van der Waals surface area contributed by atoms with Crippen molar-refractivity contribution in [2.24, 2.45) is 5.92 Å². The van der Waals surface area contributed by atoms with Gasteiger partial charge in [0, 0.05) is 49.2 Å². The number of amides is 5. The van der Waals surface area contributed by atoms with Crippen LogP contribution in [0.4, 0.5) is 4.79 Å². The maximum absolute atomic E-state index is 13.0. The number of nitrogens with zero attached hydrogens (tertiary/aromatic N) is 3. The molecule has 1 aromatic heterocycles. The van der Waals surface area contributed by atoms with Crippen molar-refractivity contribution in [3.8, 4) is 11.8 Å². The molecule has 186 valence electrons. The molecular weight excluding hydrogens is 462 g/mol. The zero-order valence-electron chi connectivity index (χ0n) is 20.0. The van der Waals surface area contributed by atoms with Gasteiger partial charge < -0.3 is 19.6 Å². The smallest absolute Gasteiger partial charge is 0.317 e. The summed E-state index contributed by atoms with van der Waals surface area (Å²) in [5.74, 6) is 6.49. The van der Waals surface area contributed by atoms with Crippen molar-refractivity contribution in [1.29, 1.82) is 0 Å². The van der Waals surface area contributed by atoms with E-state index in [2.05, 4.69) is 27.6 Å². The fraction of sp³-hybridized carbons (Fsp3) is 0.423. The summed E-state index contributed by atoms with van der Waals surface area (Å²) in [5, 5.41) is 9.08.